The number of ether oxygens (including phenoxy) is 1. The third kappa shape index (κ3) is 4.73. The van der Waals surface area contributed by atoms with Gasteiger partial charge in [-0.2, -0.15) is 0 Å². The van der Waals surface area contributed by atoms with Crippen LogP contribution >= 0.6 is 11.3 Å². The molecule has 0 aliphatic carbocycles. The molecule has 0 saturated heterocycles. The fourth-order valence-corrected chi connectivity index (χ4v) is 4.62. The minimum atomic E-state index is -0.426. The van der Waals surface area contributed by atoms with Crippen LogP contribution in [0.3, 0.4) is 0 Å². The van der Waals surface area contributed by atoms with E-state index in [1.54, 1.807) is 29.4 Å². The number of carbonyl (C=O) groups is 1. The van der Waals surface area contributed by atoms with Crippen molar-refractivity contribution in [3.05, 3.63) is 69.3 Å². The maximum absolute atomic E-state index is 13.4. The van der Waals surface area contributed by atoms with Crippen LogP contribution in [0.2, 0.25) is 0 Å². The SMILES string of the molecule is Cc1ccc2oc(=O)c3cc(C(=O)N(CCCOC(C)C)Cc4ccco4)sc3c2c1. The first-order chi connectivity index (χ1) is 14.9. The van der Waals surface area contributed by atoms with E-state index in [0.29, 0.717) is 47.7 Å². The van der Waals surface area contributed by atoms with E-state index in [1.807, 2.05) is 39.0 Å². The summed E-state index contributed by atoms with van der Waals surface area (Å²) in [6.45, 7) is 7.41. The van der Waals surface area contributed by atoms with Crippen molar-refractivity contribution in [2.24, 2.45) is 0 Å². The summed E-state index contributed by atoms with van der Waals surface area (Å²) in [5, 5.41) is 1.29. The number of nitrogens with zero attached hydrogens (tertiary/aromatic N) is 1. The third-order valence-corrected chi connectivity index (χ3v) is 6.14. The first kappa shape index (κ1) is 21.3. The predicted octanol–water partition coefficient (Wildman–Crippen LogP) is 5.37. The second-order valence-corrected chi connectivity index (χ2v) is 8.87. The summed E-state index contributed by atoms with van der Waals surface area (Å²) in [4.78, 5) is 28.1. The average Bonchev–Trinajstić information content (AvgIpc) is 3.40. The van der Waals surface area contributed by atoms with E-state index < -0.39 is 5.63 Å². The second kappa shape index (κ2) is 9.08. The van der Waals surface area contributed by atoms with Crippen molar-refractivity contribution in [3.63, 3.8) is 0 Å². The van der Waals surface area contributed by atoms with Crippen LogP contribution in [0, 0.1) is 6.92 Å². The van der Waals surface area contributed by atoms with Gasteiger partial charge in [-0.05, 0) is 57.5 Å². The van der Waals surface area contributed by atoms with E-state index in [2.05, 4.69) is 0 Å². The van der Waals surface area contributed by atoms with E-state index in [0.717, 1.165) is 15.6 Å². The maximum Gasteiger partial charge on any atom is 0.345 e. The van der Waals surface area contributed by atoms with Crippen molar-refractivity contribution in [1.29, 1.82) is 0 Å². The van der Waals surface area contributed by atoms with Gasteiger partial charge in [0, 0.05) is 18.5 Å². The van der Waals surface area contributed by atoms with Crippen molar-refractivity contribution < 1.29 is 18.4 Å². The Bertz CT molecular complexity index is 1250. The predicted molar refractivity (Wildman–Crippen MR) is 122 cm³/mol. The van der Waals surface area contributed by atoms with Crippen molar-refractivity contribution in [1.82, 2.24) is 4.90 Å². The Morgan fingerprint density at radius 2 is 2.03 bits per heavy atom. The van der Waals surface area contributed by atoms with Gasteiger partial charge in [-0.15, -0.1) is 11.3 Å². The number of hydrogen-bond donors (Lipinski definition) is 0. The smallest absolute Gasteiger partial charge is 0.345 e. The molecule has 0 saturated carbocycles. The zero-order valence-electron chi connectivity index (χ0n) is 17.8. The van der Waals surface area contributed by atoms with Crippen LogP contribution in [0.1, 0.15) is 41.3 Å². The average molecular weight is 440 g/mol. The Kier molecular flexibility index (Phi) is 6.25. The lowest BCUT2D eigenvalue weighted by atomic mass is 10.1. The van der Waals surface area contributed by atoms with Crippen LogP contribution in [-0.2, 0) is 11.3 Å². The van der Waals surface area contributed by atoms with Gasteiger partial charge in [-0.3, -0.25) is 4.79 Å². The summed E-state index contributed by atoms with van der Waals surface area (Å²) in [6, 6.07) is 11.0. The molecule has 1 amide bonds. The molecule has 3 aromatic heterocycles. The highest BCUT2D eigenvalue weighted by Crippen LogP contribution is 2.32. The van der Waals surface area contributed by atoms with Gasteiger partial charge in [0.1, 0.15) is 11.3 Å². The van der Waals surface area contributed by atoms with E-state index in [1.165, 1.54) is 11.3 Å². The molecule has 6 nitrogen and oxygen atoms in total. The van der Waals surface area contributed by atoms with E-state index in [9.17, 15) is 9.59 Å². The van der Waals surface area contributed by atoms with E-state index in [4.69, 9.17) is 13.6 Å². The van der Waals surface area contributed by atoms with Crippen molar-refractivity contribution in [3.8, 4) is 0 Å². The molecule has 0 aliphatic rings. The third-order valence-electron chi connectivity index (χ3n) is 4.98. The summed E-state index contributed by atoms with van der Waals surface area (Å²) in [5.74, 6) is 0.571. The highest BCUT2D eigenvalue weighted by Gasteiger charge is 2.22. The number of hydrogen-bond acceptors (Lipinski definition) is 6. The number of furan rings is 1. The molecule has 3 heterocycles. The van der Waals surface area contributed by atoms with Gasteiger partial charge >= 0.3 is 5.63 Å². The molecule has 0 spiro atoms. The molecule has 0 bridgehead atoms. The summed E-state index contributed by atoms with van der Waals surface area (Å²) in [7, 11) is 0. The van der Waals surface area contributed by atoms with Crippen LogP contribution in [0.15, 0.2) is 56.3 Å². The fourth-order valence-electron chi connectivity index (χ4n) is 3.49. The largest absolute Gasteiger partial charge is 0.467 e. The summed E-state index contributed by atoms with van der Waals surface area (Å²) in [5.41, 5.74) is 1.17. The quantitative estimate of drug-likeness (QED) is 0.273. The first-order valence-corrected chi connectivity index (χ1v) is 11.1. The molecule has 0 radical (unpaired) electrons. The highest BCUT2D eigenvalue weighted by atomic mass is 32.1. The van der Waals surface area contributed by atoms with Crippen LogP contribution in [0.5, 0.6) is 0 Å². The van der Waals surface area contributed by atoms with Gasteiger partial charge in [-0.1, -0.05) is 11.6 Å². The monoisotopic (exact) mass is 439 g/mol. The Labute approximate surface area is 184 Å². The lowest BCUT2D eigenvalue weighted by Gasteiger charge is -2.21. The van der Waals surface area contributed by atoms with Gasteiger partial charge in [0.2, 0.25) is 0 Å². The fraction of sp³-hybridized carbons (Fsp3) is 0.333. The second-order valence-electron chi connectivity index (χ2n) is 7.82. The molecule has 0 atom stereocenters. The topological polar surface area (TPSA) is 72.9 Å². The van der Waals surface area contributed by atoms with Crippen molar-refractivity contribution >= 4 is 38.3 Å². The molecule has 0 N–H and O–H groups in total. The maximum atomic E-state index is 13.4. The van der Waals surface area contributed by atoms with Crippen LogP contribution < -0.4 is 5.63 Å². The number of benzene rings is 1. The van der Waals surface area contributed by atoms with Gasteiger partial charge < -0.3 is 18.5 Å². The molecule has 7 heteroatoms. The standard InChI is InChI=1S/C24H25NO5S/c1-15(2)28-11-5-9-25(14-17-6-4-10-29-17)23(26)21-13-19-22(31-21)18-12-16(3)7-8-20(18)30-24(19)27/h4,6-8,10,12-13,15H,5,9,11,14H2,1-3H3. The van der Waals surface area contributed by atoms with Gasteiger partial charge in [0.25, 0.3) is 5.91 Å². The van der Waals surface area contributed by atoms with Gasteiger partial charge in [0.15, 0.2) is 0 Å². The summed E-state index contributed by atoms with van der Waals surface area (Å²) >= 11 is 1.33. The zero-order chi connectivity index (χ0) is 22.0. The number of amides is 1. The van der Waals surface area contributed by atoms with Crippen LogP contribution in [-0.4, -0.2) is 30.1 Å². The first-order valence-electron chi connectivity index (χ1n) is 10.3. The molecule has 0 unspecified atom stereocenters. The Hall–Kier alpha value is -2.90. The number of fused-ring (bicyclic) bond motifs is 3. The lowest BCUT2D eigenvalue weighted by Crippen LogP contribution is -2.31. The summed E-state index contributed by atoms with van der Waals surface area (Å²) in [6.07, 6.45) is 2.45. The molecule has 0 aliphatic heterocycles. The minimum Gasteiger partial charge on any atom is -0.467 e. The van der Waals surface area contributed by atoms with Crippen LogP contribution in [0.25, 0.3) is 21.1 Å². The Morgan fingerprint density at radius 3 is 2.77 bits per heavy atom. The van der Waals surface area contributed by atoms with Crippen LogP contribution in [0.4, 0.5) is 0 Å². The number of carbonyl (C=O) groups excluding carboxylic acids is 1. The normalized spacial score (nSPS) is 11.6. The summed E-state index contributed by atoms with van der Waals surface area (Å²) < 4.78 is 17.3. The Balaban J connectivity index is 1.66. The van der Waals surface area contributed by atoms with Gasteiger partial charge in [-0.25, -0.2) is 4.79 Å². The number of rotatable bonds is 8. The number of aryl methyl sites for hydroxylation is 1. The molecule has 1 aromatic carbocycles. The number of thiophene rings is 1. The molecule has 31 heavy (non-hydrogen) atoms. The minimum absolute atomic E-state index is 0.137. The van der Waals surface area contributed by atoms with E-state index in [-0.39, 0.29) is 12.0 Å². The molecule has 162 valence electrons. The molecule has 4 aromatic rings. The molecule has 0 fully saturated rings. The molecule has 4 rings (SSSR count). The van der Waals surface area contributed by atoms with E-state index >= 15 is 0 Å². The zero-order valence-corrected chi connectivity index (χ0v) is 18.7. The van der Waals surface area contributed by atoms with Crippen molar-refractivity contribution in [2.75, 3.05) is 13.2 Å². The molecular weight excluding hydrogens is 414 g/mol. The van der Waals surface area contributed by atoms with Crippen molar-refractivity contribution in [2.45, 2.75) is 39.8 Å². The van der Waals surface area contributed by atoms with Gasteiger partial charge in [0.05, 0.1) is 33.9 Å². The Morgan fingerprint density at radius 1 is 1.19 bits per heavy atom. The molecular formula is C24H25NO5S. The lowest BCUT2D eigenvalue weighted by molar-refractivity contribution is 0.0599. The highest BCUT2D eigenvalue weighted by molar-refractivity contribution is 7.21.